The van der Waals surface area contributed by atoms with Crippen molar-refractivity contribution in [3.8, 4) is 0 Å². The first-order valence-electron chi connectivity index (χ1n) is 9.97. The van der Waals surface area contributed by atoms with Crippen LogP contribution in [-0.4, -0.2) is 21.9 Å². The van der Waals surface area contributed by atoms with Crippen LogP contribution in [0.25, 0.3) is 0 Å². The molecular weight excluding hydrogens is 365 g/mol. The maximum Gasteiger partial charge on any atom is 0.416 e. The molecule has 152 valence electrons. The van der Waals surface area contributed by atoms with Crippen LogP contribution in [0.2, 0.25) is 0 Å². The van der Waals surface area contributed by atoms with Gasteiger partial charge in [0.15, 0.2) is 0 Å². The molecule has 3 nitrogen and oxygen atoms in total. The molecule has 1 aromatic carbocycles. The standard InChI is InChI=1S/C22H27F3N2O/c1-2-3-12-27(21(28)18-8-5-9-18)16-20-11-6-13-26(20)15-17-7-4-10-19(14-17)22(23,24)25/h4,6-7,10-11,13-14,18H,2-3,5,8-9,12,15-16H2,1H3. The van der Waals surface area contributed by atoms with Gasteiger partial charge in [-0.2, -0.15) is 13.2 Å². The maximum atomic E-state index is 13.0. The van der Waals surface area contributed by atoms with E-state index in [1.165, 1.54) is 12.1 Å². The number of carbonyl (C=O) groups excluding carboxylic acids is 1. The Morgan fingerprint density at radius 2 is 2.00 bits per heavy atom. The van der Waals surface area contributed by atoms with Crippen molar-refractivity contribution in [1.82, 2.24) is 9.47 Å². The van der Waals surface area contributed by atoms with Gasteiger partial charge in [0.25, 0.3) is 0 Å². The van der Waals surface area contributed by atoms with E-state index >= 15 is 0 Å². The molecule has 0 N–H and O–H groups in total. The number of nitrogens with zero attached hydrogens (tertiary/aromatic N) is 2. The number of aromatic nitrogens is 1. The molecule has 0 saturated heterocycles. The summed E-state index contributed by atoms with van der Waals surface area (Å²) < 4.78 is 40.8. The molecule has 1 aromatic heterocycles. The van der Waals surface area contributed by atoms with Gasteiger partial charge in [-0.15, -0.1) is 0 Å². The number of halogens is 3. The Balaban J connectivity index is 1.74. The monoisotopic (exact) mass is 392 g/mol. The number of hydrogen-bond acceptors (Lipinski definition) is 1. The number of hydrogen-bond donors (Lipinski definition) is 0. The van der Waals surface area contributed by atoms with Gasteiger partial charge in [0.05, 0.1) is 12.1 Å². The van der Waals surface area contributed by atoms with Crippen molar-refractivity contribution in [2.45, 2.75) is 58.3 Å². The molecular formula is C22H27F3N2O. The van der Waals surface area contributed by atoms with Crippen molar-refractivity contribution in [2.24, 2.45) is 5.92 Å². The molecule has 2 aromatic rings. The van der Waals surface area contributed by atoms with Crippen LogP contribution in [0.5, 0.6) is 0 Å². The number of alkyl halides is 3. The van der Waals surface area contributed by atoms with Crippen molar-refractivity contribution in [3.05, 3.63) is 59.4 Å². The molecule has 0 spiro atoms. The lowest BCUT2D eigenvalue weighted by Gasteiger charge is -2.32. The molecule has 0 bridgehead atoms. The largest absolute Gasteiger partial charge is 0.416 e. The molecule has 1 fully saturated rings. The van der Waals surface area contributed by atoms with E-state index in [1.54, 1.807) is 6.07 Å². The lowest BCUT2D eigenvalue weighted by atomic mass is 9.84. The van der Waals surface area contributed by atoms with Gasteiger partial charge in [-0.05, 0) is 49.1 Å². The smallest absolute Gasteiger partial charge is 0.345 e. The third-order valence-electron chi connectivity index (χ3n) is 5.43. The fourth-order valence-corrected chi connectivity index (χ4v) is 3.52. The SMILES string of the molecule is CCCCN(Cc1cccn1Cc1cccc(C(F)(F)F)c1)C(=O)C1CCC1. The van der Waals surface area contributed by atoms with Crippen LogP contribution in [0.4, 0.5) is 13.2 Å². The minimum Gasteiger partial charge on any atom is -0.345 e. The van der Waals surface area contributed by atoms with Gasteiger partial charge in [0.2, 0.25) is 5.91 Å². The molecule has 1 heterocycles. The number of carbonyl (C=O) groups is 1. The lowest BCUT2D eigenvalue weighted by Crippen LogP contribution is -2.39. The van der Waals surface area contributed by atoms with Gasteiger partial charge in [-0.3, -0.25) is 4.79 Å². The van der Waals surface area contributed by atoms with Crippen LogP contribution < -0.4 is 0 Å². The first-order valence-corrected chi connectivity index (χ1v) is 9.97. The lowest BCUT2D eigenvalue weighted by molar-refractivity contribution is -0.139. The summed E-state index contributed by atoms with van der Waals surface area (Å²) in [5, 5.41) is 0. The molecule has 1 amide bonds. The van der Waals surface area contributed by atoms with Crippen LogP contribution in [-0.2, 0) is 24.1 Å². The van der Waals surface area contributed by atoms with Gasteiger partial charge >= 0.3 is 6.18 Å². The van der Waals surface area contributed by atoms with Crippen LogP contribution >= 0.6 is 0 Å². The minimum atomic E-state index is -4.35. The van der Waals surface area contributed by atoms with Crippen LogP contribution in [0, 0.1) is 5.92 Å². The van der Waals surface area contributed by atoms with Gasteiger partial charge in [-0.25, -0.2) is 0 Å². The highest BCUT2D eigenvalue weighted by Gasteiger charge is 2.31. The molecule has 1 saturated carbocycles. The normalized spacial score (nSPS) is 14.7. The average Bonchev–Trinajstić information content (AvgIpc) is 3.03. The molecule has 0 aliphatic heterocycles. The Kier molecular flexibility index (Phi) is 6.47. The van der Waals surface area contributed by atoms with E-state index in [0.717, 1.165) is 50.4 Å². The molecule has 6 heteroatoms. The second-order valence-electron chi connectivity index (χ2n) is 7.57. The van der Waals surface area contributed by atoms with Crippen LogP contribution in [0.1, 0.15) is 55.8 Å². The summed E-state index contributed by atoms with van der Waals surface area (Å²) in [5.41, 5.74) is 0.905. The van der Waals surface area contributed by atoms with Gasteiger partial charge in [0, 0.05) is 30.9 Å². The van der Waals surface area contributed by atoms with Crippen LogP contribution in [0.15, 0.2) is 42.6 Å². The van der Waals surface area contributed by atoms with Crippen molar-refractivity contribution in [3.63, 3.8) is 0 Å². The fraction of sp³-hybridized carbons (Fsp3) is 0.500. The predicted octanol–water partition coefficient (Wildman–Crippen LogP) is 5.48. The minimum absolute atomic E-state index is 0.142. The zero-order valence-corrected chi connectivity index (χ0v) is 16.2. The van der Waals surface area contributed by atoms with Crippen molar-refractivity contribution < 1.29 is 18.0 Å². The van der Waals surface area contributed by atoms with E-state index in [9.17, 15) is 18.0 Å². The third-order valence-corrected chi connectivity index (χ3v) is 5.43. The highest BCUT2D eigenvalue weighted by Crippen LogP contribution is 2.30. The highest BCUT2D eigenvalue weighted by atomic mass is 19.4. The zero-order chi connectivity index (χ0) is 20.1. The predicted molar refractivity (Wildman–Crippen MR) is 103 cm³/mol. The van der Waals surface area contributed by atoms with E-state index in [2.05, 4.69) is 6.92 Å². The van der Waals surface area contributed by atoms with Crippen molar-refractivity contribution in [2.75, 3.05) is 6.54 Å². The number of amides is 1. The summed E-state index contributed by atoms with van der Waals surface area (Å²) in [4.78, 5) is 14.7. The molecule has 3 rings (SSSR count). The molecule has 1 aliphatic carbocycles. The first-order chi connectivity index (χ1) is 13.4. The first kappa shape index (κ1) is 20.5. The second-order valence-corrected chi connectivity index (χ2v) is 7.57. The fourth-order valence-electron chi connectivity index (χ4n) is 3.52. The molecule has 0 radical (unpaired) electrons. The van der Waals surface area contributed by atoms with Gasteiger partial charge in [0.1, 0.15) is 0 Å². The van der Waals surface area contributed by atoms with E-state index in [1.807, 2.05) is 27.8 Å². The Morgan fingerprint density at radius 3 is 2.64 bits per heavy atom. The topological polar surface area (TPSA) is 25.2 Å². The van der Waals surface area contributed by atoms with Crippen molar-refractivity contribution in [1.29, 1.82) is 0 Å². The quantitative estimate of drug-likeness (QED) is 0.584. The molecule has 0 atom stereocenters. The summed E-state index contributed by atoms with van der Waals surface area (Å²) in [6, 6.07) is 9.25. The third kappa shape index (κ3) is 4.97. The van der Waals surface area contributed by atoms with Crippen molar-refractivity contribution >= 4 is 5.91 Å². The highest BCUT2D eigenvalue weighted by molar-refractivity contribution is 5.79. The summed E-state index contributed by atoms with van der Waals surface area (Å²) in [6.07, 6.45) is 2.53. The van der Waals surface area contributed by atoms with Gasteiger partial charge < -0.3 is 9.47 Å². The number of unbranched alkanes of at least 4 members (excludes halogenated alkanes) is 1. The number of benzene rings is 1. The van der Waals surface area contributed by atoms with E-state index in [4.69, 9.17) is 0 Å². The zero-order valence-electron chi connectivity index (χ0n) is 16.2. The van der Waals surface area contributed by atoms with E-state index in [0.29, 0.717) is 18.7 Å². The van der Waals surface area contributed by atoms with Gasteiger partial charge in [-0.1, -0.05) is 31.9 Å². The summed E-state index contributed by atoms with van der Waals surface area (Å²) in [6.45, 7) is 3.68. The summed E-state index contributed by atoms with van der Waals surface area (Å²) >= 11 is 0. The molecule has 0 unspecified atom stereocenters. The van der Waals surface area contributed by atoms with E-state index in [-0.39, 0.29) is 11.8 Å². The maximum absolute atomic E-state index is 13.0. The average molecular weight is 392 g/mol. The Labute approximate surface area is 164 Å². The number of rotatable bonds is 8. The summed E-state index contributed by atoms with van der Waals surface area (Å²) in [5.74, 6) is 0.357. The Bertz CT molecular complexity index is 793. The molecule has 28 heavy (non-hydrogen) atoms. The second kappa shape index (κ2) is 8.84. The Hall–Kier alpha value is -2.24. The van der Waals surface area contributed by atoms with E-state index < -0.39 is 11.7 Å². The summed E-state index contributed by atoms with van der Waals surface area (Å²) in [7, 11) is 0. The molecule has 1 aliphatic rings. The Morgan fingerprint density at radius 1 is 1.21 bits per heavy atom. The van der Waals surface area contributed by atoms with Crippen LogP contribution in [0.3, 0.4) is 0 Å².